The van der Waals surface area contributed by atoms with Crippen LogP contribution in [0.5, 0.6) is 0 Å². The van der Waals surface area contributed by atoms with Crippen LogP contribution in [0.2, 0.25) is 0 Å². The van der Waals surface area contributed by atoms with E-state index in [-0.39, 0.29) is 0 Å². The molecule has 0 aromatic carbocycles. The van der Waals surface area contributed by atoms with Gasteiger partial charge in [-0.2, -0.15) is 34.8 Å². The average molecular weight is 380 g/mol. The lowest BCUT2D eigenvalue weighted by molar-refractivity contribution is -0.360. The highest BCUT2D eigenvalue weighted by molar-refractivity contribution is 7.87. The van der Waals surface area contributed by atoms with Crippen LogP contribution in [0, 0.1) is 17.3 Å². The molecule has 0 aromatic heterocycles. The lowest BCUT2D eigenvalue weighted by atomic mass is 9.75. The van der Waals surface area contributed by atoms with Gasteiger partial charge in [0.05, 0.1) is 6.10 Å². The van der Waals surface area contributed by atoms with Crippen LogP contribution in [0.4, 0.5) is 26.3 Å². The van der Waals surface area contributed by atoms with Crippen LogP contribution >= 0.6 is 0 Å². The van der Waals surface area contributed by atoms with Crippen LogP contribution in [0.15, 0.2) is 12.7 Å². The Kier molecular flexibility index (Phi) is 3.40. The topological polar surface area (TPSA) is 69.7 Å². The summed E-state index contributed by atoms with van der Waals surface area (Å²) in [7, 11) is -4.74. The van der Waals surface area contributed by atoms with E-state index in [1.54, 1.807) is 0 Å². The molecule has 1 saturated heterocycles. The van der Waals surface area contributed by atoms with E-state index in [1.807, 2.05) is 0 Å². The number of fused-ring (bicyclic) bond motifs is 1. The Balaban J connectivity index is 2.22. The summed E-state index contributed by atoms with van der Waals surface area (Å²) in [6.45, 7) is 3.00. The van der Waals surface area contributed by atoms with E-state index in [2.05, 4.69) is 15.5 Å². The zero-order valence-corrected chi connectivity index (χ0v) is 12.4. The van der Waals surface area contributed by atoms with Gasteiger partial charge in [0.25, 0.3) is 10.1 Å². The number of hydrogen-bond acceptors (Lipinski definition) is 5. The van der Waals surface area contributed by atoms with Gasteiger partial charge in [0.2, 0.25) is 0 Å². The van der Waals surface area contributed by atoms with Crippen molar-refractivity contribution in [3.8, 4) is 0 Å². The molecular weight excluding hydrogens is 370 g/mol. The maximum atomic E-state index is 13.5. The Morgan fingerprint density at radius 1 is 1.21 bits per heavy atom. The second kappa shape index (κ2) is 4.65. The van der Waals surface area contributed by atoms with E-state index < -0.39 is 69.6 Å². The first-order valence-corrected chi connectivity index (χ1v) is 8.14. The molecule has 0 N–H and O–H groups in total. The van der Waals surface area contributed by atoms with Crippen molar-refractivity contribution in [2.75, 3.05) is 0 Å². The Labute approximate surface area is 131 Å². The van der Waals surface area contributed by atoms with E-state index in [1.165, 1.54) is 0 Å². The smallest absolute Gasteiger partial charge is 0.404 e. The molecule has 2 aliphatic carbocycles. The highest BCUT2D eigenvalue weighted by Gasteiger charge is 2.91. The van der Waals surface area contributed by atoms with Gasteiger partial charge in [-0.25, -0.2) is 4.79 Å². The molecule has 136 valence electrons. The Morgan fingerprint density at radius 2 is 1.75 bits per heavy atom. The number of esters is 1. The van der Waals surface area contributed by atoms with E-state index in [0.29, 0.717) is 6.08 Å². The number of hydrogen-bond donors (Lipinski definition) is 0. The SMILES string of the molecule is C=CC(=O)OC1C2CC3OS(=O)(=O)C1C3C2(C(F)(F)F)C(F)(F)F. The third kappa shape index (κ3) is 1.86. The zero-order chi connectivity index (χ0) is 18.3. The molecule has 5 atom stereocenters. The fraction of sp³-hybridized carbons (Fsp3) is 0.750. The standard InChI is InChI=1S/C12H10F6O5S/c1-2-6(19)22-8-4-3-5-7(9(8)24(20,21)23-5)10(4,11(13,14)15)12(16,17)18/h2,4-5,7-9H,1,3H2. The third-order valence-electron chi connectivity index (χ3n) is 5.02. The Bertz CT molecular complexity index is 682. The van der Waals surface area contributed by atoms with Gasteiger partial charge in [-0.3, -0.25) is 4.18 Å². The van der Waals surface area contributed by atoms with Crippen molar-refractivity contribution < 1.29 is 48.5 Å². The number of rotatable bonds is 2. The predicted octanol–water partition coefficient (Wildman–Crippen LogP) is 1.94. The lowest BCUT2D eigenvalue weighted by Crippen LogP contribution is -2.55. The second-order valence-corrected chi connectivity index (χ2v) is 7.65. The molecular formula is C12H10F6O5S. The van der Waals surface area contributed by atoms with Gasteiger partial charge in [-0.05, 0) is 6.42 Å². The van der Waals surface area contributed by atoms with Crippen molar-refractivity contribution in [2.45, 2.75) is 36.2 Å². The predicted molar refractivity (Wildman–Crippen MR) is 63.8 cm³/mol. The van der Waals surface area contributed by atoms with Crippen molar-refractivity contribution in [1.29, 1.82) is 0 Å². The van der Waals surface area contributed by atoms with E-state index in [0.717, 1.165) is 0 Å². The monoisotopic (exact) mass is 380 g/mol. The third-order valence-corrected chi connectivity index (χ3v) is 6.76. The van der Waals surface area contributed by atoms with E-state index >= 15 is 0 Å². The number of halogens is 6. The molecule has 0 amide bonds. The van der Waals surface area contributed by atoms with Gasteiger partial charge < -0.3 is 4.74 Å². The van der Waals surface area contributed by atoms with Crippen LogP contribution in [-0.4, -0.2) is 44.2 Å². The normalized spacial score (nSPS) is 39.0. The molecule has 0 spiro atoms. The Hall–Kier alpha value is -1.30. The summed E-state index contributed by atoms with van der Waals surface area (Å²) in [5, 5.41) is -2.21. The van der Waals surface area contributed by atoms with Crippen molar-refractivity contribution in [3.05, 3.63) is 12.7 Å². The lowest BCUT2D eigenvalue weighted by Gasteiger charge is -2.37. The summed E-state index contributed by atoms with van der Waals surface area (Å²) in [4.78, 5) is 11.3. The molecule has 3 aliphatic rings. The maximum absolute atomic E-state index is 13.5. The quantitative estimate of drug-likeness (QED) is 0.317. The minimum absolute atomic E-state index is 0.536. The molecule has 3 rings (SSSR count). The molecule has 24 heavy (non-hydrogen) atoms. The molecule has 1 aliphatic heterocycles. The van der Waals surface area contributed by atoms with Gasteiger partial charge >= 0.3 is 18.3 Å². The molecule has 5 nitrogen and oxygen atoms in total. The molecule has 12 heteroatoms. The first-order valence-electron chi connectivity index (χ1n) is 6.67. The minimum atomic E-state index is -5.79. The summed E-state index contributed by atoms with van der Waals surface area (Å²) in [5.41, 5.74) is -4.30. The summed E-state index contributed by atoms with van der Waals surface area (Å²) >= 11 is 0. The number of carbonyl (C=O) groups is 1. The summed E-state index contributed by atoms with van der Waals surface area (Å²) in [5.74, 6) is -6.00. The average Bonchev–Trinajstić information content (AvgIpc) is 2.91. The van der Waals surface area contributed by atoms with Crippen molar-refractivity contribution in [3.63, 3.8) is 0 Å². The van der Waals surface area contributed by atoms with Crippen molar-refractivity contribution in [2.24, 2.45) is 17.3 Å². The molecule has 0 radical (unpaired) electrons. The van der Waals surface area contributed by atoms with Crippen LogP contribution in [0.25, 0.3) is 0 Å². The van der Waals surface area contributed by atoms with Crippen LogP contribution in [0.1, 0.15) is 6.42 Å². The highest BCUT2D eigenvalue weighted by atomic mass is 32.2. The van der Waals surface area contributed by atoms with Crippen LogP contribution in [-0.2, 0) is 23.8 Å². The van der Waals surface area contributed by atoms with Gasteiger partial charge in [-0.1, -0.05) is 6.58 Å². The Morgan fingerprint density at radius 3 is 2.21 bits per heavy atom. The largest absolute Gasteiger partial charge is 0.457 e. The molecule has 2 saturated carbocycles. The van der Waals surface area contributed by atoms with Gasteiger partial charge in [0.1, 0.15) is 11.4 Å². The van der Waals surface area contributed by atoms with Crippen molar-refractivity contribution >= 4 is 16.1 Å². The number of carbonyl (C=O) groups excluding carboxylic acids is 1. The zero-order valence-electron chi connectivity index (χ0n) is 11.6. The minimum Gasteiger partial charge on any atom is -0.457 e. The summed E-state index contributed by atoms with van der Waals surface area (Å²) in [6.07, 6.45) is -15.7. The van der Waals surface area contributed by atoms with Crippen LogP contribution < -0.4 is 0 Å². The molecule has 1 heterocycles. The summed E-state index contributed by atoms with van der Waals surface area (Å²) < 4.78 is 114. The van der Waals surface area contributed by atoms with Gasteiger partial charge in [-0.15, -0.1) is 0 Å². The molecule has 0 aromatic rings. The van der Waals surface area contributed by atoms with E-state index in [4.69, 9.17) is 0 Å². The highest BCUT2D eigenvalue weighted by Crippen LogP contribution is 2.74. The van der Waals surface area contributed by atoms with Gasteiger partial charge in [0.15, 0.2) is 5.41 Å². The fourth-order valence-electron chi connectivity index (χ4n) is 4.39. The number of alkyl halides is 6. The fourth-order valence-corrected chi connectivity index (χ4v) is 6.38. The molecule has 2 bridgehead atoms. The second-order valence-electron chi connectivity index (χ2n) is 5.93. The first kappa shape index (κ1) is 17.5. The van der Waals surface area contributed by atoms with Gasteiger partial charge in [0, 0.05) is 17.9 Å². The number of ether oxygens (including phenoxy) is 1. The molecule has 3 fully saturated rings. The van der Waals surface area contributed by atoms with E-state index in [9.17, 15) is 39.6 Å². The molecule has 5 unspecified atom stereocenters. The van der Waals surface area contributed by atoms with Crippen LogP contribution in [0.3, 0.4) is 0 Å². The maximum Gasteiger partial charge on any atom is 0.404 e. The summed E-state index contributed by atoms with van der Waals surface area (Å²) in [6, 6.07) is 0. The van der Waals surface area contributed by atoms with Crippen molar-refractivity contribution in [1.82, 2.24) is 0 Å². The first-order chi connectivity index (χ1) is 10.8.